The summed E-state index contributed by atoms with van der Waals surface area (Å²) in [7, 11) is 0. The lowest BCUT2D eigenvalue weighted by Gasteiger charge is -2.30. The molecule has 2 atom stereocenters. The number of carbonyl (C=O) groups excluding carboxylic acids is 1. The Morgan fingerprint density at radius 2 is 1.65 bits per heavy atom. The van der Waals surface area contributed by atoms with Crippen LogP contribution < -0.4 is 0 Å². The number of hydrogen-bond acceptors (Lipinski definition) is 3. The number of carboxylic acid groups (broad SMARTS) is 1. The Labute approximate surface area is 119 Å². The van der Waals surface area contributed by atoms with E-state index in [1.807, 2.05) is 13.8 Å². The third kappa shape index (κ3) is 2.49. The predicted molar refractivity (Wildman–Crippen MR) is 73.3 cm³/mol. The monoisotopic (exact) mass is 284 g/mol. The van der Waals surface area contributed by atoms with Gasteiger partial charge in [-0.25, -0.2) is 4.79 Å². The van der Waals surface area contributed by atoms with E-state index in [4.69, 9.17) is 0 Å². The Bertz CT molecular complexity index is 421. The number of aliphatic hydroxyl groups is 1. The van der Waals surface area contributed by atoms with E-state index in [0.717, 1.165) is 0 Å². The molecule has 2 N–H and O–H groups in total. The molecule has 0 aliphatic carbocycles. The molecule has 2 aliphatic heterocycles. The molecule has 2 heterocycles. The topological polar surface area (TPSA) is 81.1 Å². The van der Waals surface area contributed by atoms with Gasteiger partial charge in [0, 0.05) is 19.6 Å². The van der Waals surface area contributed by atoms with Gasteiger partial charge in [0.15, 0.2) is 0 Å². The molecule has 0 aromatic rings. The van der Waals surface area contributed by atoms with Crippen LogP contribution in [0.1, 0.15) is 33.6 Å². The minimum Gasteiger partial charge on any atom is -0.481 e. The average Bonchev–Trinajstić information content (AvgIpc) is 2.92. The molecule has 2 aliphatic rings. The first kappa shape index (κ1) is 15.1. The van der Waals surface area contributed by atoms with Gasteiger partial charge in [0.05, 0.1) is 17.6 Å². The molecule has 0 saturated carbocycles. The zero-order chi connectivity index (χ0) is 15.1. The molecular formula is C14H24N2O4. The molecule has 0 radical (unpaired) electrons. The highest BCUT2D eigenvalue weighted by Gasteiger charge is 2.49. The molecule has 6 nitrogen and oxygen atoms in total. The summed E-state index contributed by atoms with van der Waals surface area (Å²) in [4.78, 5) is 27.2. The van der Waals surface area contributed by atoms with Crippen molar-refractivity contribution in [3.05, 3.63) is 0 Å². The molecule has 114 valence electrons. The van der Waals surface area contributed by atoms with Crippen molar-refractivity contribution in [2.24, 2.45) is 11.3 Å². The minimum atomic E-state index is -0.835. The van der Waals surface area contributed by atoms with Gasteiger partial charge in [-0.2, -0.15) is 0 Å². The number of rotatable bonds is 2. The molecule has 0 spiro atoms. The summed E-state index contributed by atoms with van der Waals surface area (Å²) < 4.78 is 0. The van der Waals surface area contributed by atoms with Gasteiger partial charge in [-0.1, -0.05) is 13.8 Å². The van der Waals surface area contributed by atoms with Gasteiger partial charge in [0.25, 0.3) is 0 Å². The summed E-state index contributed by atoms with van der Waals surface area (Å²) in [6.07, 6.45) is 1.07. The second-order valence-corrected chi connectivity index (χ2v) is 6.74. The molecule has 20 heavy (non-hydrogen) atoms. The van der Waals surface area contributed by atoms with Crippen LogP contribution in [0.2, 0.25) is 0 Å². The lowest BCUT2D eigenvalue weighted by Crippen LogP contribution is -2.45. The number of nitrogens with zero attached hydrogens (tertiary/aromatic N) is 2. The lowest BCUT2D eigenvalue weighted by atomic mass is 9.76. The second-order valence-electron chi connectivity index (χ2n) is 6.74. The zero-order valence-electron chi connectivity index (χ0n) is 12.4. The van der Waals surface area contributed by atoms with Crippen LogP contribution in [0.4, 0.5) is 4.79 Å². The van der Waals surface area contributed by atoms with Gasteiger partial charge in [-0.15, -0.1) is 0 Å². The third-order valence-electron chi connectivity index (χ3n) is 4.82. The Balaban J connectivity index is 2.06. The molecule has 0 aromatic carbocycles. The molecule has 2 unspecified atom stereocenters. The first-order valence-electron chi connectivity index (χ1n) is 7.18. The smallest absolute Gasteiger partial charge is 0.320 e. The molecule has 2 rings (SSSR count). The number of β-amino-alcohol motifs (C(OH)–C–C–N with tert-alkyl or cyclic N) is 1. The molecule has 6 heteroatoms. The van der Waals surface area contributed by atoms with Crippen LogP contribution in [0, 0.1) is 11.3 Å². The first-order valence-corrected chi connectivity index (χ1v) is 7.18. The van der Waals surface area contributed by atoms with E-state index >= 15 is 0 Å². The molecule has 2 saturated heterocycles. The highest BCUT2D eigenvalue weighted by atomic mass is 16.4. The number of carboxylic acids is 1. The van der Waals surface area contributed by atoms with Crippen molar-refractivity contribution in [2.45, 2.75) is 39.2 Å². The molecule has 2 amide bonds. The number of hydrogen-bond donors (Lipinski definition) is 2. The van der Waals surface area contributed by atoms with Gasteiger partial charge in [-0.05, 0) is 25.7 Å². The molecular weight excluding hydrogens is 260 g/mol. The standard InChI is InChI=1S/C14H24N2O4/c1-10(2)14(11(17)18)5-7-16(9-14)12(19)15-6-4-13(3,20)8-15/h10,20H,4-9H2,1-3H3,(H,17,18). The Morgan fingerprint density at radius 1 is 1.10 bits per heavy atom. The van der Waals surface area contributed by atoms with Crippen LogP contribution in [0.15, 0.2) is 0 Å². The summed E-state index contributed by atoms with van der Waals surface area (Å²) >= 11 is 0. The predicted octanol–water partition coefficient (Wildman–Crippen LogP) is 0.996. The van der Waals surface area contributed by atoms with Crippen molar-refractivity contribution < 1.29 is 19.8 Å². The van der Waals surface area contributed by atoms with Crippen molar-refractivity contribution in [3.8, 4) is 0 Å². The van der Waals surface area contributed by atoms with E-state index in [1.54, 1.807) is 16.7 Å². The van der Waals surface area contributed by atoms with Gasteiger partial charge < -0.3 is 20.0 Å². The van der Waals surface area contributed by atoms with Crippen LogP contribution in [0.25, 0.3) is 0 Å². The summed E-state index contributed by atoms with van der Waals surface area (Å²) in [5.74, 6) is -0.837. The van der Waals surface area contributed by atoms with Crippen LogP contribution in [0.5, 0.6) is 0 Å². The maximum absolute atomic E-state index is 12.4. The minimum absolute atomic E-state index is 0.0144. The normalized spacial score (nSPS) is 34.0. The summed E-state index contributed by atoms with van der Waals surface area (Å²) in [6.45, 7) is 7.10. The Hall–Kier alpha value is -1.30. The first-order chi connectivity index (χ1) is 9.18. The number of likely N-dealkylation sites (tertiary alicyclic amines) is 2. The highest BCUT2D eigenvalue weighted by Crippen LogP contribution is 2.38. The summed E-state index contributed by atoms with van der Waals surface area (Å²) in [5, 5.41) is 19.4. The highest BCUT2D eigenvalue weighted by molar-refractivity contribution is 5.80. The maximum Gasteiger partial charge on any atom is 0.320 e. The number of carbonyl (C=O) groups is 2. The van der Waals surface area contributed by atoms with Crippen molar-refractivity contribution in [3.63, 3.8) is 0 Å². The number of urea groups is 1. The van der Waals surface area contributed by atoms with E-state index < -0.39 is 17.0 Å². The van der Waals surface area contributed by atoms with Gasteiger partial charge >= 0.3 is 12.0 Å². The van der Waals surface area contributed by atoms with Gasteiger partial charge in [0.1, 0.15) is 0 Å². The van der Waals surface area contributed by atoms with E-state index in [0.29, 0.717) is 32.5 Å². The maximum atomic E-state index is 12.4. The fourth-order valence-electron chi connectivity index (χ4n) is 3.20. The Kier molecular flexibility index (Phi) is 3.71. The van der Waals surface area contributed by atoms with Crippen molar-refractivity contribution in [1.29, 1.82) is 0 Å². The lowest BCUT2D eigenvalue weighted by molar-refractivity contribution is -0.150. The number of amides is 2. The quantitative estimate of drug-likeness (QED) is 0.792. The SMILES string of the molecule is CC(C)C1(C(=O)O)CCN(C(=O)N2CCC(C)(O)C2)C1. The van der Waals surface area contributed by atoms with Crippen molar-refractivity contribution in [1.82, 2.24) is 9.80 Å². The third-order valence-corrected chi connectivity index (χ3v) is 4.82. The van der Waals surface area contributed by atoms with Crippen molar-refractivity contribution >= 4 is 12.0 Å². The van der Waals surface area contributed by atoms with Crippen LogP contribution >= 0.6 is 0 Å². The zero-order valence-corrected chi connectivity index (χ0v) is 12.4. The number of aliphatic carboxylic acids is 1. The molecule has 0 aromatic heterocycles. The van der Waals surface area contributed by atoms with E-state index in [1.165, 1.54) is 0 Å². The van der Waals surface area contributed by atoms with E-state index in [9.17, 15) is 19.8 Å². The van der Waals surface area contributed by atoms with Gasteiger partial charge in [0.2, 0.25) is 0 Å². The fraction of sp³-hybridized carbons (Fsp3) is 0.857. The molecule has 2 fully saturated rings. The fourth-order valence-corrected chi connectivity index (χ4v) is 3.20. The van der Waals surface area contributed by atoms with Gasteiger partial charge in [-0.3, -0.25) is 4.79 Å². The van der Waals surface area contributed by atoms with Crippen LogP contribution in [-0.4, -0.2) is 63.8 Å². The Morgan fingerprint density at radius 3 is 2.05 bits per heavy atom. The van der Waals surface area contributed by atoms with E-state index in [2.05, 4.69) is 0 Å². The average molecular weight is 284 g/mol. The second kappa shape index (κ2) is 4.91. The summed E-state index contributed by atoms with van der Waals surface area (Å²) in [6, 6.07) is -0.147. The largest absolute Gasteiger partial charge is 0.481 e. The van der Waals surface area contributed by atoms with Crippen molar-refractivity contribution in [2.75, 3.05) is 26.2 Å². The van der Waals surface area contributed by atoms with E-state index in [-0.39, 0.29) is 18.5 Å². The van der Waals surface area contributed by atoms with Crippen LogP contribution in [0.3, 0.4) is 0 Å². The van der Waals surface area contributed by atoms with Crippen LogP contribution in [-0.2, 0) is 4.79 Å². The summed E-state index contributed by atoms with van der Waals surface area (Å²) in [5.41, 5.74) is -1.66. The molecule has 0 bridgehead atoms.